The maximum absolute atomic E-state index is 11.9. The molecule has 2 heterocycles. The molecular weight excluding hydrogens is 226 g/mol. The average molecular weight is 241 g/mol. The van der Waals surface area contributed by atoms with Crippen LogP contribution in [0.4, 0.5) is 0 Å². The van der Waals surface area contributed by atoms with Crippen molar-refractivity contribution in [2.75, 3.05) is 13.1 Å². The van der Waals surface area contributed by atoms with Crippen LogP contribution in [0.25, 0.3) is 0 Å². The van der Waals surface area contributed by atoms with E-state index in [2.05, 4.69) is 15.0 Å². The van der Waals surface area contributed by atoms with E-state index in [1.165, 1.54) is 6.20 Å². The van der Waals surface area contributed by atoms with Crippen LogP contribution in [0, 0.1) is 0 Å². The molecular formula is C10H15N3O2S. The summed E-state index contributed by atoms with van der Waals surface area (Å²) in [6, 6.07) is 3.15. The van der Waals surface area contributed by atoms with Crippen molar-refractivity contribution in [2.24, 2.45) is 0 Å². The molecule has 16 heavy (non-hydrogen) atoms. The molecule has 88 valence electrons. The highest BCUT2D eigenvalue weighted by Gasteiger charge is 2.21. The fraction of sp³-hybridized carbons (Fsp3) is 0.500. The normalized spacial score (nSPS) is 21.9. The first kappa shape index (κ1) is 11.5. The van der Waals surface area contributed by atoms with E-state index in [1.54, 1.807) is 18.3 Å². The lowest BCUT2D eigenvalue weighted by Gasteiger charge is -2.23. The van der Waals surface area contributed by atoms with E-state index in [-0.39, 0.29) is 10.9 Å². The Labute approximate surface area is 95.3 Å². The molecule has 1 unspecified atom stereocenters. The summed E-state index contributed by atoms with van der Waals surface area (Å²) in [4.78, 5) is 4.03. The second-order valence-corrected chi connectivity index (χ2v) is 5.57. The molecule has 0 radical (unpaired) electrons. The molecule has 1 saturated heterocycles. The van der Waals surface area contributed by atoms with Gasteiger partial charge in [-0.15, -0.1) is 0 Å². The number of piperidine rings is 1. The molecule has 0 amide bonds. The lowest BCUT2D eigenvalue weighted by molar-refractivity contribution is 0.428. The summed E-state index contributed by atoms with van der Waals surface area (Å²) in [6.07, 6.45) is 4.80. The monoisotopic (exact) mass is 241 g/mol. The summed E-state index contributed by atoms with van der Waals surface area (Å²) in [5, 5.41) is 3.17. The van der Waals surface area contributed by atoms with Crippen molar-refractivity contribution in [1.82, 2.24) is 15.0 Å². The van der Waals surface area contributed by atoms with Crippen molar-refractivity contribution in [2.45, 2.75) is 23.8 Å². The van der Waals surface area contributed by atoms with Gasteiger partial charge in [0.2, 0.25) is 10.0 Å². The fourth-order valence-electron chi connectivity index (χ4n) is 1.75. The van der Waals surface area contributed by atoms with Crippen LogP contribution in [0.15, 0.2) is 29.4 Å². The number of hydrogen-bond donors (Lipinski definition) is 2. The first-order valence-corrected chi connectivity index (χ1v) is 6.80. The Bertz CT molecular complexity index is 427. The highest BCUT2D eigenvalue weighted by molar-refractivity contribution is 7.89. The second-order valence-electron chi connectivity index (χ2n) is 3.85. The Hall–Kier alpha value is -0.980. The zero-order valence-corrected chi connectivity index (χ0v) is 9.70. The van der Waals surface area contributed by atoms with Crippen LogP contribution in [0.5, 0.6) is 0 Å². The van der Waals surface area contributed by atoms with Gasteiger partial charge in [-0.2, -0.15) is 0 Å². The zero-order valence-electron chi connectivity index (χ0n) is 8.89. The van der Waals surface area contributed by atoms with Crippen molar-refractivity contribution in [3.8, 4) is 0 Å². The SMILES string of the molecule is O=S(=O)(NC1CCCNC1)c1cccnc1. The molecule has 0 aromatic carbocycles. The smallest absolute Gasteiger partial charge is 0.242 e. The van der Waals surface area contributed by atoms with Gasteiger partial charge in [0.15, 0.2) is 0 Å². The Morgan fingerprint density at radius 3 is 3.00 bits per heavy atom. The molecule has 0 saturated carbocycles. The molecule has 2 N–H and O–H groups in total. The van der Waals surface area contributed by atoms with Gasteiger partial charge in [0.05, 0.1) is 0 Å². The zero-order chi connectivity index (χ0) is 11.4. The summed E-state index contributed by atoms with van der Waals surface area (Å²) >= 11 is 0. The van der Waals surface area contributed by atoms with Gasteiger partial charge in [0.1, 0.15) is 4.90 Å². The number of pyridine rings is 1. The number of rotatable bonds is 3. The van der Waals surface area contributed by atoms with Gasteiger partial charge in [0, 0.05) is 25.0 Å². The van der Waals surface area contributed by atoms with Crippen molar-refractivity contribution in [3.05, 3.63) is 24.5 Å². The van der Waals surface area contributed by atoms with Crippen LogP contribution in [-0.2, 0) is 10.0 Å². The van der Waals surface area contributed by atoms with Crippen LogP contribution < -0.4 is 10.0 Å². The molecule has 1 atom stereocenters. The minimum absolute atomic E-state index is 0.0149. The van der Waals surface area contributed by atoms with Gasteiger partial charge in [-0.3, -0.25) is 4.98 Å². The first-order valence-electron chi connectivity index (χ1n) is 5.31. The molecule has 6 heteroatoms. The van der Waals surface area contributed by atoms with E-state index in [1.807, 2.05) is 0 Å². The summed E-state index contributed by atoms with van der Waals surface area (Å²) in [7, 11) is -3.41. The number of nitrogens with zero attached hydrogens (tertiary/aromatic N) is 1. The Morgan fingerprint density at radius 2 is 2.38 bits per heavy atom. The summed E-state index contributed by atoms with van der Waals surface area (Å²) in [6.45, 7) is 1.66. The van der Waals surface area contributed by atoms with E-state index in [0.717, 1.165) is 19.4 Å². The Balaban J connectivity index is 2.08. The minimum Gasteiger partial charge on any atom is -0.315 e. The Kier molecular flexibility index (Phi) is 3.52. The van der Waals surface area contributed by atoms with Crippen molar-refractivity contribution in [1.29, 1.82) is 0 Å². The predicted octanol–water partition coefficient (Wildman–Crippen LogP) is 0.112. The van der Waals surface area contributed by atoms with E-state index in [0.29, 0.717) is 6.54 Å². The van der Waals surface area contributed by atoms with Gasteiger partial charge in [-0.05, 0) is 31.5 Å². The molecule has 0 bridgehead atoms. The van der Waals surface area contributed by atoms with E-state index in [4.69, 9.17) is 0 Å². The second kappa shape index (κ2) is 4.90. The van der Waals surface area contributed by atoms with E-state index < -0.39 is 10.0 Å². The molecule has 5 nitrogen and oxygen atoms in total. The quantitative estimate of drug-likeness (QED) is 0.788. The maximum atomic E-state index is 11.9. The van der Waals surface area contributed by atoms with Gasteiger partial charge >= 0.3 is 0 Å². The fourth-order valence-corrected chi connectivity index (χ4v) is 2.98. The van der Waals surface area contributed by atoms with Gasteiger partial charge in [-0.25, -0.2) is 13.1 Å². The van der Waals surface area contributed by atoms with Crippen LogP contribution >= 0.6 is 0 Å². The Morgan fingerprint density at radius 1 is 1.50 bits per heavy atom. The van der Waals surface area contributed by atoms with Crippen molar-refractivity contribution < 1.29 is 8.42 Å². The van der Waals surface area contributed by atoms with Crippen LogP contribution in [-0.4, -0.2) is 32.5 Å². The molecule has 2 rings (SSSR count). The third-order valence-electron chi connectivity index (χ3n) is 2.56. The molecule has 1 aliphatic heterocycles. The molecule has 1 aromatic heterocycles. The average Bonchev–Trinajstić information content (AvgIpc) is 2.31. The minimum atomic E-state index is -3.41. The highest BCUT2D eigenvalue weighted by Crippen LogP contribution is 2.09. The van der Waals surface area contributed by atoms with Crippen molar-refractivity contribution in [3.63, 3.8) is 0 Å². The number of aromatic nitrogens is 1. The van der Waals surface area contributed by atoms with Crippen LogP contribution in [0.3, 0.4) is 0 Å². The molecule has 1 aromatic rings. The van der Waals surface area contributed by atoms with Crippen LogP contribution in [0.1, 0.15) is 12.8 Å². The maximum Gasteiger partial charge on any atom is 0.242 e. The molecule has 1 aliphatic rings. The topological polar surface area (TPSA) is 71.1 Å². The number of hydrogen-bond acceptors (Lipinski definition) is 4. The molecule has 0 aliphatic carbocycles. The van der Waals surface area contributed by atoms with E-state index >= 15 is 0 Å². The lowest BCUT2D eigenvalue weighted by Crippen LogP contribution is -2.45. The number of nitrogens with one attached hydrogen (secondary N) is 2. The van der Waals surface area contributed by atoms with E-state index in [9.17, 15) is 8.42 Å². The summed E-state index contributed by atoms with van der Waals surface area (Å²) in [5.41, 5.74) is 0. The molecule has 1 fully saturated rings. The van der Waals surface area contributed by atoms with Crippen molar-refractivity contribution >= 4 is 10.0 Å². The third kappa shape index (κ3) is 2.78. The lowest BCUT2D eigenvalue weighted by atomic mass is 10.1. The standard InChI is InChI=1S/C10H15N3O2S/c14-16(15,10-4-2-6-12-8-10)13-9-3-1-5-11-7-9/h2,4,6,8-9,11,13H,1,3,5,7H2. The number of sulfonamides is 1. The van der Waals surface area contributed by atoms with Gasteiger partial charge in [0.25, 0.3) is 0 Å². The largest absolute Gasteiger partial charge is 0.315 e. The predicted molar refractivity (Wildman–Crippen MR) is 60.5 cm³/mol. The summed E-state index contributed by atoms with van der Waals surface area (Å²) < 4.78 is 26.5. The van der Waals surface area contributed by atoms with Gasteiger partial charge < -0.3 is 5.32 Å². The summed E-state index contributed by atoms with van der Waals surface area (Å²) in [5.74, 6) is 0. The first-order chi connectivity index (χ1) is 7.68. The third-order valence-corrected chi connectivity index (χ3v) is 4.07. The van der Waals surface area contributed by atoms with Crippen LogP contribution in [0.2, 0.25) is 0 Å². The van der Waals surface area contributed by atoms with Gasteiger partial charge in [-0.1, -0.05) is 0 Å². The highest BCUT2D eigenvalue weighted by atomic mass is 32.2. The molecule has 0 spiro atoms.